The zero-order valence-corrected chi connectivity index (χ0v) is 11.4. The summed E-state index contributed by atoms with van der Waals surface area (Å²) < 4.78 is 25.9. The predicted octanol–water partition coefficient (Wildman–Crippen LogP) is 5.22. The monoisotopic (exact) mass is 280 g/mol. The zero-order valence-electron chi connectivity index (χ0n) is 11.4. The van der Waals surface area contributed by atoms with Gasteiger partial charge in [0, 0.05) is 0 Å². The molecule has 0 aliphatic rings. The second-order valence-electron chi connectivity index (χ2n) is 5.01. The minimum absolute atomic E-state index is 0.223. The van der Waals surface area contributed by atoms with Crippen LogP contribution in [0.25, 0.3) is 11.1 Å². The van der Waals surface area contributed by atoms with E-state index in [9.17, 15) is 8.78 Å². The van der Waals surface area contributed by atoms with Crippen LogP contribution in [0.3, 0.4) is 0 Å². The molecule has 0 unspecified atom stereocenters. The molecule has 3 aromatic carbocycles. The second-order valence-corrected chi connectivity index (χ2v) is 5.01. The number of hydrogen-bond acceptors (Lipinski definition) is 0. The van der Waals surface area contributed by atoms with Gasteiger partial charge in [0.15, 0.2) is 0 Å². The Labute approximate surface area is 122 Å². The molecule has 0 heterocycles. The molecule has 0 saturated carbocycles. The van der Waals surface area contributed by atoms with Crippen molar-refractivity contribution >= 4 is 0 Å². The van der Waals surface area contributed by atoms with Gasteiger partial charge in [-0.2, -0.15) is 0 Å². The molecule has 104 valence electrons. The van der Waals surface area contributed by atoms with Gasteiger partial charge in [-0.15, -0.1) is 0 Å². The van der Waals surface area contributed by atoms with Gasteiger partial charge in [-0.3, -0.25) is 0 Å². The summed E-state index contributed by atoms with van der Waals surface area (Å²) in [6, 6.07) is 21.1. The lowest BCUT2D eigenvalue weighted by Gasteiger charge is -2.06. The van der Waals surface area contributed by atoms with E-state index in [0.29, 0.717) is 0 Å². The van der Waals surface area contributed by atoms with Crippen molar-refractivity contribution in [2.24, 2.45) is 0 Å². The van der Waals surface area contributed by atoms with Crippen LogP contribution in [0.5, 0.6) is 0 Å². The summed E-state index contributed by atoms with van der Waals surface area (Å²) in [5, 5.41) is 0. The van der Waals surface area contributed by atoms with Gasteiger partial charge in [-0.1, -0.05) is 48.5 Å². The van der Waals surface area contributed by atoms with Crippen molar-refractivity contribution in [1.82, 2.24) is 0 Å². The first-order valence-corrected chi connectivity index (χ1v) is 6.80. The lowest BCUT2D eigenvalue weighted by atomic mass is 9.99. The molecule has 0 aliphatic heterocycles. The highest BCUT2D eigenvalue weighted by atomic mass is 19.1. The molecule has 2 heteroatoms. The number of rotatable bonds is 3. The maximum atomic E-state index is 13.0. The third kappa shape index (κ3) is 3.34. The fourth-order valence-corrected chi connectivity index (χ4v) is 2.34. The smallest absolute Gasteiger partial charge is 0.123 e. The van der Waals surface area contributed by atoms with Crippen LogP contribution in [0.2, 0.25) is 0 Å². The molecule has 3 aromatic rings. The van der Waals surface area contributed by atoms with Crippen molar-refractivity contribution in [2.45, 2.75) is 6.42 Å². The highest BCUT2D eigenvalue weighted by Gasteiger charge is 2.01. The molecule has 0 aromatic heterocycles. The van der Waals surface area contributed by atoms with E-state index in [1.54, 1.807) is 24.3 Å². The van der Waals surface area contributed by atoms with Gasteiger partial charge in [0.05, 0.1) is 0 Å². The first-order chi connectivity index (χ1) is 10.2. The van der Waals surface area contributed by atoms with Crippen LogP contribution in [-0.4, -0.2) is 0 Å². The third-order valence-electron chi connectivity index (χ3n) is 3.43. The van der Waals surface area contributed by atoms with Gasteiger partial charge >= 0.3 is 0 Å². The fraction of sp³-hybridized carbons (Fsp3) is 0.0526. The minimum atomic E-state index is -0.235. The van der Waals surface area contributed by atoms with Gasteiger partial charge < -0.3 is 0 Å². The van der Waals surface area contributed by atoms with Gasteiger partial charge in [0.25, 0.3) is 0 Å². The summed E-state index contributed by atoms with van der Waals surface area (Å²) in [7, 11) is 0. The maximum absolute atomic E-state index is 13.0. The first-order valence-electron chi connectivity index (χ1n) is 6.80. The van der Waals surface area contributed by atoms with Crippen LogP contribution in [0.15, 0.2) is 72.8 Å². The number of hydrogen-bond donors (Lipinski definition) is 0. The van der Waals surface area contributed by atoms with Crippen molar-refractivity contribution in [3.8, 4) is 11.1 Å². The minimum Gasteiger partial charge on any atom is -0.207 e. The molecule has 0 radical (unpaired) electrons. The molecule has 0 bridgehead atoms. The Kier molecular flexibility index (Phi) is 3.78. The van der Waals surface area contributed by atoms with Crippen LogP contribution in [-0.2, 0) is 6.42 Å². The van der Waals surface area contributed by atoms with E-state index in [1.165, 1.54) is 24.3 Å². The highest BCUT2D eigenvalue weighted by Crippen LogP contribution is 2.22. The van der Waals surface area contributed by atoms with E-state index in [2.05, 4.69) is 6.07 Å². The molecule has 0 aliphatic carbocycles. The van der Waals surface area contributed by atoms with Crippen LogP contribution in [0.1, 0.15) is 11.1 Å². The van der Waals surface area contributed by atoms with E-state index in [4.69, 9.17) is 0 Å². The Hall–Kier alpha value is -2.48. The van der Waals surface area contributed by atoms with Gasteiger partial charge in [-0.05, 0) is 52.9 Å². The average molecular weight is 280 g/mol. The van der Waals surface area contributed by atoms with Crippen LogP contribution < -0.4 is 0 Å². The summed E-state index contributed by atoms with van der Waals surface area (Å²) in [4.78, 5) is 0. The normalized spacial score (nSPS) is 10.6. The summed E-state index contributed by atoms with van der Waals surface area (Å²) in [6.45, 7) is 0. The predicted molar refractivity (Wildman–Crippen MR) is 81.0 cm³/mol. The Morgan fingerprint density at radius 2 is 1.19 bits per heavy atom. The van der Waals surface area contributed by atoms with Gasteiger partial charge in [-0.25, -0.2) is 8.78 Å². The summed E-state index contributed by atoms with van der Waals surface area (Å²) >= 11 is 0. The van der Waals surface area contributed by atoms with E-state index < -0.39 is 0 Å². The lowest BCUT2D eigenvalue weighted by molar-refractivity contribution is 0.627. The van der Waals surface area contributed by atoms with Crippen molar-refractivity contribution in [3.63, 3.8) is 0 Å². The molecule has 0 spiro atoms. The molecule has 21 heavy (non-hydrogen) atoms. The van der Waals surface area contributed by atoms with E-state index in [1.807, 2.05) is 18.2 Å². The molecular weight excluding hydrogens is 266 g/mol. The van der Waals surface area contributed by atoms with Crippen molar-refractivity contribution in [1.29, 1.82) is 0 Å². The molecule has 0 amide bonds. The Bertz CT molecular complexity index is 728. The quantitative estimate of drug-likeness (QED) is 0.617. The van der Waals surface area contributed by atoms with E-state index in [-0.39, 0.29) is 11.6 Å². The number of halogens is 2. The molecule has 0 nitrogen and oxygen atoms in total. The average Bonchev–Trinajstić information content (AvgIpc) is 2.51. The van der Waals surface area contributed by atoms with Crippen LogP contribution in [0.4, 0.5) is 8.78 Å². The van der Waals surface area contributed by atoms with Gasteiger partial charge in [0.2, 0.25) is 0 Å². The second kappa shape index (κ2) is 5.88. The van der Waals surface area contributed by atoms with Crippen molar-refractivity contribution in [3.05, 3.63) is 95.6 Å². The summed E-state index contributed by atoms with van der Waals surface area (Å²) in [6.07, 6.45) is 0.745. The van der Waals surface area contributed by atoms with E-state index in [0.717, 1.165) is 28.7 Å². The van der Waals surface area contributed by atoms with E-state index >= 15 is 0 Å². The fourth-order valence-electron chi connectivity index (χ4n) is 2.34. The van der Waals surface area contributed by atoms with Crippen molar-refractivity contribution < 1.29 is 8.78 Å². The largest absolute Gasteiger partial charge is 0.207 e. The summed E-state index contributed by atoms with van der Waals surface area (Å²) in [5.74, 6) is -0.458. The SMILES string of the molecule is Fc1ccc(Cc2cccc(-c3ccc(F)cc3)c2)cc1. The molecular formula is C19H14F2. The van der Waals surface area contributed by atoms with Crippen molar-refractivity contribution in [2.75, 3.05) is 0 Å². The Balaban J connectivity index is 1.86. The first kappa shape index (κ1) is 13.5. The lowest BCUT2D eigenvalue weighted by Crippen LogP contribution is -1.89. The molecule has 0 saturated heterocycles. The summed E-state index contributed by atoms with van der Waals surface area (Å²) in [5.41, 5.74) is 4.24. The third-order valence-corrected chi connectivity index (χ3v) is 3.43. The Morgan fingerprint density at radius 3 is 1.86 bits per heavy atom. The van der Waals surface area contributed by atoms with Gasteiger partial charge in [0.1, 0.15) is 11.6 Å². The standard InChI is InChI=1S/C19H14F2/c20-18-8-4-14(5-9-18)12-15-2-1-3-17(13-15)16-6-10-19(21)11-7-16/h1-11,13H,12H2. The molecule has 0 atom stereocenters. The van der Waals surface area contributed by atoms with Crippen LogP contribution in [0, 0.1) is 11.6 Å². The van der Waals surface area contributed by atoms with Crippen LogP contribution >= 0.6 is 0 Å². The highest BCUT2D eigenvalue weighted by molar-refractivity contribution is 5.64. The molecule has 0 fully saturated rings. The Morgan fingerprint density at radius 1 is 0.571 bits per heavy atom. The molecule has 0 N–H and O–H groups in total. The zero-order chi connectivity index (χ0) is 14.7. The molecule has 3 rings (SSSR count). The topological polar surface area (TPSA) is 0 Å². The number of benzene rings is 3. The maximum Gasteiger partial charge on any atom is 0.123 e.